The molecule has 6 aromatic rings. The fourth-order valence-corrected chi connectivity index (χ4v) is 4.29. The van der Waals surface area contributed by atoms with Crippen molar-refractivity contribution in [1.29, 1.82) is 0 Å². The number of rotatable bonds is 6. The van der Waals surface area contributed by atoms with E-state index >= 15 is 0 Å². The highest BCUT2D eigenvalue weighted by Crippen LogP contribution is 2.28. The van der Waals surface area contributed by atoms with Crippen LogP contribution in [0.4, 0.5) is 0 Å². The molecule has 0 amide bonds. The molecule has 0 spiro atoms. The van der Waals surface area contributed by atoms with E-state index in [2.05, 4.69) is 28.4 Å². The monoisotopic (exact) mass is 466 g/mol. The third-order valence-corrected chi connectivity index (χ3v) is 6.03. The average molecular weight is 467 g/mol. The van der Waals surface area contributed by atoms with Gasteiger partial charge >= 0.3 is 0 Å². The first kappa shape index (κ1) is 20.4. The molecule has 0 radical (unpaired) electrons. The van der Waals surface area contributed by atoms with E-state index in [0.717, 1.165) is 33.4 Å². The number of benzene rings is 4. The number of nitrogens with zero attached hydrogens (tertiary/aromatic N) is 4. The third-order valence-electron chi connectivity index (χ3n) is 5.70. The van der Waals surface area contributed by atoms with Gasteiger partial charge in [-0.15, -0.1) is 10.2 Å². The summed E-state index contributed by atoms with van der Waals surface area (Å²) in [6.45, 7) is 0.667. The van der Waals surface area contributed by atoms with Crippen molar-refractivity contribution in [3.05, 3.63) is 108 Å². The van der Waals surface area contributed by atoms with Crippen LogP contribution >= 0.6 is 11.6 Å². The molecule has 0 N–H and O–H groups in total. The second-order valence-electron chi connectivity index (χ2n) is 7.85. The number of fused-ring (bicyclic) bond motifs is 2. The van der Waals surface area contributed by atoms with Gasteiger partial charge in [0.05, 0.1) is 21.6 Å². The second kappa shape index (κ2) is 8.65. The van der Waals surface area contributed by atoms with Crippen LogP contribution in [0.15, 0.2) is 95.4 Å². The van der Waals surface area contributed by atoms with Gasteiger partial charge in [-0.1, -0.05) is 72.3 Å². The first-order valence-electron chi connectivity index (χ1n) is 10.9. The van der Waals surface area contributed by atoms with Crippen molar-refractivity contribution in [3.8, 4) is 17.2 Å². The van der Waals surface area contributed by atoms with Gasteiger partial charge in [0.2, 0.25) is 11.8 Å². The van der Waals surface area contributed by atoms with E-state index in [1.54, 1.807) is 6.07 Å². The Kier molecular flexibility index (Phi) is 5.20. The molecule has 4 aromatic carbocycles. The van der Waals surface area contributed by atoms with Crippen LogP contribution in [0.2, 0.25) is 5.02 Å². The summed E-state index contributed by atoms with van der Waals surface area (Å²) in [5, 5.41) is 11.2. The zero-order valence-electron chi connectivity index (χ0n) is 18.1. The molecule has 0 aliphatic carbocycles. The van der Waals surface area contributed by atoms with E-state index in [9.17, 15) is 0 Å². The highest BCUT2D eigenvalue weighted by molar-refractivity contribution is 6.33. The Morgan fingerprint density at radius 3 is 2.56 bits per heavy atom. The molecule has 2 aromatic heterocycles. The first-order valence-corrected chi connectivity index (χ1v) is 11.3. The minimum absolute atomic E-state index is 0.300. The molecule has 0 aliphatic heterocycles. The van der Waals surface area contributed by atoms with Crippen LogP contribution in [0.5, 0.6) is 5.75 Å². The number of para-hydroxylation sites is 2. The summed E-state index contributed by atoms with van der Waals surface area (Å²) in [5.41, 5.74) is 2.55. The van der Waals surface area contributed by atoms with Gasteiger partial charge in [0.15, 0.2) is 0 Å². The summed E-state index contributed by atoms with van der Waals surface area (Å²) in [6.07, 6.45) is 0. The fraction of sp³-hybridized carbons (Fsp3) is 0.0741. The molecule has 0 aliphatic rings. The molecule has 34 heavy (non-hydrogen) atoms. The summed E-state index contributed by atoms with van der Waals surface area (Å²) in [7, 11) is 0. The second-order valence-corrected chi connectivity index (χ2v) is 8.26. The lowest BCUT2D eigenvalue weighted by atomic mass is 10.1. The van der Waals surface area contributed by atoms with Gasteiger partial charge in [-0.2, -0.15) is 0 Å². The molecule has 2 heterocycles. The zero-order chi connectivity index (χ0) is 22.9. The molecular formula is C27H19ClN4O2. The topological polar surface area (TPSA) is 66.0 Å². The number of hydrogen-bond donors (Lipinski definition) is 0. The molecule has 0 atom stereocenters. The number of ether oxygens (including phenoxy) is 1. The van der Waals surface area contributed by atoms with E-state index in [4.69, 9.17) is 25.7 Å². The quantitative estimate of drug-likeness (QED) is 0.279. The zero-order valence-corrected chi connectivity index (χ0v) is 18.8. The molecule has 7 heteroatoms. The Hall–Kier alpha value is -4.16. The van der Waals surface area contributed by atoms with Crippen molar-refractivity contribution >= 4 is 33.4 Å². The number of imidazole rings is 1. The summed E-state index contributed by atoms with van der Waals surface area (Å²) in [6, 6.07) is 29.6. The molecule has 6 rings (SSSR count). The Bertz CT molecular complexity index is 1620. The molecule has 0 unspecified atom stereocenters. The maximum Gasteiger partial charge on any atom is 0.249 e. The largest absolute Gasteiger partial charge is 0.485 e. The van der Waals surface area contributed by atoms with Crippen molar-refractivity contribution < 1.29 is 9.15 Å². The van der Waals surface area contributed by atoms with Gasteiger partial charge in [0.1, 0.15) is 24.7 Å². The van der Waals surface area contributed by atoms with Gasteiger partial charge in [0.25, 0.3) is 0 Å². The van der Waals surface area contributed by atoms with E-state index in [-0.39, 0.29) is 0 Å². The lowest BCUT2D eigenvalue weighted by molar-refractivity contribution is 0.293. The molecule has 0 saturated carbocycles. The highest BCUT2D eigenvalue weighted by Gasteiger charge is 2.17. The highest BCUT2D eigenvalue weighted by atomic mass is 35.5. The summed E-state index contributed by atoms with van der Waals surface area (Å²) >= 11 is 6.30. The Morgan fingerprint density at radius 2 is 1.62 bits per heavy atom. The molecule has 6 nitrogen and oxygen atoms in total. The lowest BCUT2D eigenvalue weighted by Crippen LogP contribution is -2.09. The average Bonchev–Trinajstić information content (AvgIpc) is 3.48. The smallest absolute Gasteiger partial charge is 0.249 e. The van der Waals surface area contributed by atoms with Crippen LogP contribution in [0.25, 0.3) is 33.3 Å². The molecule has 0 bridgehead atoms. The van der Waals surface area contributed by atoms with Crippen molar-refractivity contribution in [2.24, 2.45) is 0 Å². The van der Waals surface area contributed by atoms with Crippen molar-refractivity contribution in [1.82, 2.24) is 19.7 Å². The Balaban J connectivity index is 1.33. The number of hydrogen-bond acceptors (Lipinski definition) is 5. The lowest BCUT2D eigenvalue weighted by Gasteiger charge is -2.11. The van der Waals surface area contributed by atoms with Crippen LogP contribution in [0, 0.1) is 0 Å². The minimum Gasteiger partial charge on any atom is -0.485 e. The Morgan fingerprint density at radius 1 is 0.824 bits per heavy atom. The van der Waals surface area contributed by atoms with Crippen LogP contribution in [-0.4, -0.2) is 19.7 Å². The van der Waals surface area contributed by atoms with Crippen LogP contribution < -0.4 is 4.74 Å². The van der Waals surface area contributed by atoms with Crippen LogP contribution in [0.1, 0.15) is 11.7 Å². The minimum atomic E-state index is 0.300. The van der Waals surface area contributed by atoms with Crippen molar-refractivity contribution in [2.75, 3.05) is 0 Å². The summed E-state index contributed by atoms with van der Waals surface area (Å²) in [4.78, 5) is 4.81. The van der Waals surface area contributed by atoms with Gasteiger partial charge in [-0.3, -0.25) is 0 Å². The van der Waals surface area contributed by atoms with E-state index < -0.39 is 0 Å². The van der Waals surface area contributed by atoms with Crippen LogP contribution in [0.3, 0.4) is 0 Å². The normalized spacial score (nSPS) is 11.3. The van der Waals surface area contributed by atoms with E-state index in [0.29, 0.717) is 35.5 Å². The van der Waals surface area contributed by atoms with Gasteiger partial charge < -0.3 is 13.7 Å². The Labute approximate surface area is 200 Å². The fourth-order valence-electron chi connectivity index (χ4n) is 4.07. The molecule has 0 saturated heterocycles. The van der Waals surface area contributed by atoms with Crippen molar-refractivity contribution in [2.45, 2.75) is 13.2 Å². The van der Waals surface area contributed by atoms with Gasteiger partial charge in [-0.25, -0.2) is 4.98 Å². The predicted octanol–water partition coefficient (Wildman–Crippen LogP) is 6.52. The maximum absolute atomic E-state index is 6.30. The molecule has 0 fully saturated rings. The van der Waals surface area contributed by atoms with E-state index in [1.807, 2.05) is 71.3 Å². The van der Waals surface area contributed by atoms with Gasteiger partial charge in [-0.05, 0) is 35.7 Å². The maximum atomic E-state index is 6.30. The standard InChI is InChI=1S/C27H19ClN4O2/c28-21-12-4-3-11-20(21)27-31-30-26(34-27)16-32-23-14-6-5-13-22(23)29-25(32)17-33-24-15-7-9-18-8-1-2-10-19(18)24/h1-15H,16-17H2. The first-order chi connectivity index (χ1) is 16.8. The van der Waals surface area contributed by atoms with Crippen LogP contribution in [-0.2, 0) is 13.2 Å². The van der Waals surface area contributed by atoms with Crippen molar-refractivity contribution in [3.63, 3.8) is 0 Å². The summed E-state index contributed by atoms with van der Waals surface area (Å²) < 4.78 is 14.2. The number of halogens is 1. The molecule has 166 valence electrons. The SMILES string of the molecule is Clc1ccccc1-c1nnc(Cn2c(COc3cccc4ccccc34)nc3ccccc32)o1. The third kappa shape index (κ3) is 3.78. The van der Waals surface area contributed by atoms with E-state index in [1.165, 1.54) is 0 Å². The predicted molar refractivity (Wildman–Crippen MR) is 132 cm³/mol. The summed E-state index contributed by atoms with van der Waals surface area (Å²) in [5.74, 6) is 2.44. The van der Waals surface area contributed by atoms with Gasteiger partial charge in [0, 0.05) is 5.39 Å². The number of aromatic nitrogens is 4. The molecular weight excluding hydrogens is 448 g/mol.